The van der Waals surface area contributed by atoms with Gasteiger partial charge in [-0.1, -0.05) is 6.07 Å². The minimum atomic E-state index is 0.0455. The van der Waals surface area contributed by atoms with Crippen molar-refractivity contribution in [3.8, 4) is 11.5 Å². The maximum Gasteiger partial charge on any atom is 0.220 e. The van der Waals surface area contributed by atoms with Gasteiger partial charge in [-0.15, -0.1) is 11.6 Å². The van der Waals surface area contributed by atoms with Crippen LogP contribution in [0.25, 0.3) is 0 Å². The van der Waals surface area contributed by atoms with Gasteiger partial charge in [-0.05, 0) is 37.5 Å². The van der Waals surface area contributed by atoms with Crippen LogP contribution >= 0.6 is 11.6 Å². The Bertz CT molecular complexity index is 424. The second-order valence-electron chi connectivity index (χ2n) is 4.31. The number of ether oxygens (including phenoxy) is 2. The first kappa shape index (κ1) is 16.6. The number of methoxy groups -OCH3 is 1. The highest BCUT2D eigenvalue weighted by Gasteiger charge is 2.06. The lowest BCUT2D eigenvalue weighted by atomic mass is 10.1. The Morgan fingerprint density at radius 3 is 2.80 bits per heavy atom. The van der Waals surface area contributed by atoms with E-state index in [1.165, 1.54) is 0 Å². The second-order valence-corrected chi connectivity index (χ2v) is 4.69. The van der Waals surface area contributed by atoms with Crippen LogP contribution in [0.15, 0.2) is 18.2 Å². The molecule has 5 heteroatoms. The number of rotatable bonds is 9. The lowest BCUT2D eigenvalue weighted by Crippen LogP contribution is -2.25. The van der Waals surface area contributed by atoms with Gasteiger partial charge in [0.25, 0.3) is 0 Å². The van der Waals surface area contributed by atoms with Crippen LogP contribution in [0, 0.1) is 0 Å². The van der Waals surface area contributed by atoms with Crippen molar-refractivity contribution in [2.45, 2.75) is 26.2 Å². The minimum absolute atomic E-state index is 0.0455. The van der Waals surface area contributed by atoms with E-state index in [2.05, 4.69) is 5.32 Å². The Morgan fingerprint density at radius 2 is 2.15 bits per heavy atom. The standard InChI is InChI=1S/C15H22ClNO3/c1-3-20-14-11-12(6-7-13(14)19-2)8-10-17-15(18)5-4-9-16/h6-7,11H,3-5,8-10H2,1-2H3,(H,17,18). The molecule has 0 heterocycles. The van der Waals surface area contributed by atoms with E-state index >= 15 is 0 Å². The molecule has 1 aromatic carbocycles. The number of carbonyl (C=O) groups is 1. The molecule has 0 spiro atoms. The Morgan fingerprint density at radius 1 is 1.35 bits per heavy atom. The number of hydrogen-bond donors (Lipinski definition) is 1. The maximum atomic E-state index is 11.4. The second kappa shape index (κ2) is 9.48. The van der Waals surface area contributed by atoms with E-state index in [9.17, 15) is 4.79 Å². The summed E-state index contributed by atoms with van der Waals surface area (Å²) in [5, 5.41) is 2.88. The summed E-state index contributed by atoms with van der Waals surface area (Å²) in [5.41, 5.74) is 1.10. The SMILES string of the molecule is CCOc1cc(CCNC(=O)CCCCl)ccc1OC. The molecule has 1 rings (SSSR count). The van der Waals surface area contributed by atoms with E-state index < -0.39 is 0 Å². The van der Waals surface area contributed by atoms with Crippen LogP contribution < -0.4 is 14.8 Å². The van der Waals surface area contributed by atoms with Crippen LogP contribution in [0.5, 0.6) is 11.5 Å². The number of hydrogen-bond acceptors (Lipinski definition) is 3. The van der Waals surface area contributed by atoms with Gasteiger partial charge < -0.3 is 14.8 Å². The number of carbonyl (C=O) groups excluding carboxylic acids is 1. The number of amides is 1. The smallest absolute Gasteiger partial charge is 0.220 e. The minimum Gasteiger partial charge on any atom is -0.493 e. The molecule has 0 fully saturated rings. The van der Waals surface area contributed by atoms with Crippen molar-refractivity contribution in [1.82, 2.24) is 5.32 Å². The average molecular weight is 300 g/mol. The molecule has 112 valence electrons. The quantitative estimate of drug-likeness (QED) is 0.713. The fourth-order valence-corrected chi connectivity index (χ4v) is 1.94. The topological polar surface area (TPSA) is 47.6 Å². The maximum absolute atomic E-state index is 11.4. The van der Waals surface area contributed by atoms with E-state index in [1.807, 2.05) is 25.1 Å². The van der Waals surface area contributed by atoms with Crippen LogP contribution in [0.1, 0.15) is 25.3 Å². The molecule has 0 aliphatic carbocycles. The number of nitrogens with one attached hydrogen (secondary N) is 1. The molecule has 0 atom stereocenters. The Kier molecular flexibility index (Phi) is 7.88. The van der Waals surface area contributed by atoms with E-state index in [4.69, 9.17) is 21.1 Å². The molecule has 0 aliphatic heterocycles. The molecule has 0 aromatic heterocycles. The van der Waals surface area contributed by atoms with Crippen molar-refractivity contribution in [2.24, 2.45) is 0 Å². The van der Waals surface area contributed by atoms with Crippen LogP contribution in [0.4, 0.5) is 0 Å². The van der Waals surface area contributed by atoms with Gasteiger partial charge in [0.05, 0.1) is 13.7 Å². The summed E-state index contributed by atoms with van der Waals surface area (Å²) >= 11 is 5.55. The van der Waals surface area contributed by atoms with Crippen LogP contribution in [0.3, 0.4) is 0 Å². The fraction of sp³-hybridized carbons (Fsp3) is 0.533. The monoisotopic (exact) mass is 299 g/mol. The number of benzene rings is 1. The zero-order valence-corrected chi connectivity index (χ0v) is 12.8. The summed E-state index contributed by atoms with van der Waals surface area (Å²) in [6.45, 7) is 3.14. The summed E-state index contributed by atoms with van der Waals surface area (Å²) < 4.78 is 10.8. The Labute approximate surface area is 125 Å². The number of halogens is 1. The van der Waals surface area contributed by atoms with Gasteiger partial charge >= 0.3 is 0 Å². The Hall–Kier alpha value is -1.42. The summed E-state index contributed by atoms with van der Waals surface area (Å²) in [6.07, 6.45) is 1.96. The van der Waals surface area contributed by atoms with Crippen molar-refractivity contribution in [3.63, 3.8) is 0 Å². The molecule has 4 nitrogen and oxygen atoms in total. The highest BCUT2D eigenvalue weighted by molar-refractivity contribution is 6.17. The van der Waals surface area contributed by atoms with E-state index in [0.29, 0.717) is 31.9 Å². The first-order chi connectivity index (χ1) is 9.71. The molecule has 0 saturated heterocycles. The van der Waals surface area contributed by atoms with Crippen molar-refractivity contribution in [1.29, 1.82) is 0 Å². The van der Waals surface area contributed by atoms with Gasteiger partial charge in [-0.2, -0.15) is 0 Å². The van der Waals surface area contributed by atoms with Gasteiger partial charge in [0.15, 0.2) is 11.5 Å². The van der Waals surface area contributed by atoms with E-state index in [0.717, 1.165) is 23.5 Å². The third-order valence-electron chi connectivity index (χ3n) is 2.80. The molecule has 0 aliphatic rings. The van der Waals surface area contributed by atoms with Crippen molar-refractivity contribution >= 4 is 17.5 Å². The van der Waals surface area contributed by atoms with Gasteiger partial charge in [0.2, 0.25) is 5.91 Å². The predicted octanol–water partition coefficient (Wildman–Crippen LogP) is 2.77. The zero-order valence-electron chi connectivity index (χ0n) is 12.1. The normalized spacial score (nSPS) is 10.2. The van der Waals surface area contributed by atoms with Gasteiger partial charge in [0.1, 0.15) is 0 Å². The third-order valence-corrected chi connectivity index (χ3v) is 3.07. The average Bonchev–Trinajstić information content (AvgIpc) is 2.46. The first-order valence-corrected chi connectivity index (χ1v) is 7.37. The molecule has 0 saturated carbocycles. The highest BCUT2D eigenvalue weighted by Crippen LogP contribution is 2.28. The zero-order chi connectivity index (χ0) is 14.8. The third kappa shape index (κ3) is 5.70. The lowest BCUT2D eigenvalue weighted by Gasteiger charge is -2.11. The molecular weight excluding hydrogens is 278 g/mol. The molecule has 1 aromatic rings. The molecule has 0 unspecified atom stereocenters. The van der Waals surface area contributed by atoms with E-state index in [1.54, 1.807) is 7.11 Å². The molecule has 1 amide bonds. The largest absolute Gasteiger partial charge is 0.493 e. The van der Waals surface area contributed by atoms with E-state index in [-0.39, 0.29) is 5.91 Å². The van der Waals surface area contributed by atoms with Crippen molar-refractivity contribution < 1.29 is 14.3 Å². The van der Waals surface area contributed by atoms with Crippen LogP contribution in [-0.4, -0.2) is 32.0 Å². The van der Waals surface area contributed by atoms with Crippen molar-refractivity contribution in [3.05, 3.63) is 23.8 Å². The number of alkyl halides is 1. The van der Waals surface area contributed by atoms with Gasteiger partial charge in [-0.25, -0.2) is 0 Å². The van der Waals surface area contributed by atoms with Gasteiger partial charge in [0, 0.05) is 18.8 Å². The summed E-state index contributed by atoms with van der Waals surface area (Å²) in [7, 11) is 1.62. The van der Waals surface area contributed by atoms with Crippen molar-refractivity contribution in [2.75, 3.05) is 26.1 Å². The lowest BCUT2D eigenvalue weighted by molar-refractivity contribution is -0.121. The Balaban J connectivity index is 2.47. The summed E-state index contributed by atoms with van der Waals surface area (Å²) in [5.74, 6) is 2.02. The predicted molar refractivity (Wildman–Crippen MR) is 80.8 cm³/mol. The van der Waals surface area contributed by atoms with Crippen LogP contribution in [0.2, 0.25) is 0 Å². The molecule has 20 heavy (non-hydrogen) atoms. The molecule has 0 bridgehead atoms. The highest BCUT2D eigenvalue weighted by atomic mass is 35.5. The molecule has 0 radical (unpaired) electrons. The van der Waals surface area contributed by atoms with Gasteiger partial charge in [-0.3, -0.25) is 4.79 Å². The summed E-state index contributed by atoms with van der Waals surface area (Å²) in [4.78, 5) is 11.4. The fourth-order valence-electron chi connectivity index (χ4n) is 1.81. The summed E-state index contributed by atoms with van der Waals surface area (Å²) in [6, 6.07) is 5.81. The molecule has 1 N–H and O–H groups in total. The first-order valence-electron chi connectivity index (χ1n) is 6.83. The van der Waals surface area contributed by atoms with Crippen LogP contribution in [-0.2, 0) is 11.2 Å². The molecular formula is C15H22ClNO3.